The van der Waals surface area contributed by atoms with Crippen molar-refractivity contribution in [3.63, 3.8) is 0 Å². The number of anilines is 1. The van der Waals surface area contributed by atoms with Crippen molar-refractivity contribution in [2.24, 2.45) is 0 Å². The summed E-state index contributed by atoms with van der Waals surface area (Å²) in [6.07, 6.45) is -1.57. The average molecular weight is 303 g/mol. The Hall–Kier alpha value is -1.99. The highest BCUT2D eigenvalue weighted by Gasteiger charge is 2.13. The van der Waals surface area contributed by atoms with Gasteiger partial charge < -0.3 is 25.6 Å². The molecule has 0 radical (unpaired) electrons. The number of aliphatic carboxylic acids is 1. The minimum atomic E-state index is -1.49. The van der Waals surface area contributed by atoms with Crippen LogP contribution < -0.4 is 15.4 Å². The summed E-state index contributed by atoms with van der Waals surface area (Å²) in [5.74, 6) is -0.902. The first-order chi connectivity index (χ1) is 9.43. The molecule has 4 N–H and O–H groups in total. The van der Waals surface area contributed by atoms with Crippen LogP contribution in [0.25, 0.3) is 0 Å². The van der Waals surface area contributed by atoms with Gasteiger partial charge in [0.05, 0.1) is 12.1 Å². The van der Waals surface area contributed by atoms with Crippen LogP contribution in [-0.4, -0.2) is 42.0 Å². The van der Waals surface area contributed by atoms with Gasteiger partial charge in [-0.15, -0.1) is 0 Å². The van der Waals surface area contributed by atoms with Crippen molar-refractivity contribution < 1.29 is 24.5 Å². The second kappa shape index (κ2) is 7.56. The van der Waals surface area contributed by atoms with E-state index in [4.69, 9.17) is 26.6 Å². The summed E-state index contributed by atoms with van der Waals surface area (Å²) in [6, 6.07) is 4.20. The molecule has 20 heavy (non-hydrogen) atoms. The lowest BCUT2D eigenvalue weighted by atomic mass is 10.2. The molecule has 1 rings (SSSR count). The fourth-order valence-electron chi connectivity index (χ4n) is 1.36. The lowest BCUT2D eigenvalue weighted by molar-refractivity contribution is -0.146. The zero-order chi connectivity index (χ0) is 15.1. The molecule has 0 spiro atoms. The number of hydrogen-bond acceptors (Lipinski definition) is 4. The van der Waals surface area contributed by atoms with Crippen molar-refractivity contribution >= 4 is 29.3 Å². The Balaban J connectivity index is 2.44. The SMILES string of the molecule is COc1cc(NC(=O)NCCC(O)C(=O)O)ccc1Cl. The third-order valence-corrected chi connectivity index (χ3v) is 2.71. The van der Waals surface area contributed by atoms with Crippen LogP contribution in [-0.2, 0) is 4.79 Å². The van der Waals surface area contributed by atoms with Gasteiger partial charge in [-0.2, -0.15) is 0 Å². The van der Waals surface area contributed by atoms with Gasteiger partial charge in [-0.1, -0.05) is 11.6 Å². The molecule has 1 atom stereocenters. The Morgan fingerprint density at radius 3 is 2.75 bits per heavy atom. The maximum atomic E-state index is 11.5. The molecule has 0 bridgehead atoms. The molecule has 8 heteroatoms. The molecule has 1 aromatic carbocycles. The quantitative estimate of drug-likeness (QED) is 0.633. The number of ether oxygens (including phenoxy) is 1. The number of carboxylic acids is 1. The second-order valence-electron chi connectivity index (χ2n) is 3.87. The summed E-state index contributed by atoms with van der Waals surface area (Å²) < 4.78 is 5.00. The molecule has 0 aliphatic carbocycles. The number of methoxy groups -OCH3 is 1. The minimum absolute atomic E-state index is 0.0318. The smallest absolute Gasteiger partial charge is 0.332 e. The van der Waals surface area contributed by atoms with Crippen molar-refractivity contribution in [3.8, 4) is 5.75 Å². The van der Waals surface area contributed by atoms with Crippen LogP contribution in [0.2, 0.25) is 5.02 Å². The van der Waals surface area contributed by atoms with Crippen molar-refractivity contribution in [2.75, 3.05) is 19.0 Å². The molecule has 0 saturated heterocycles. The molecule has 1 unspecified atom stereocenters. The molecule has 0 saturated carbocycles. The van der Waals surface area contributed by atoms with Crippen LogP contribution in [0.3, 0.4) is 0 Å². The predicted octanol–water partition coefficient (Wildman–Crippen LogP) is 1.31. The normalized spacial score (nSPS) is 11.6. The van der Waals surface area contributed by atoms with E-state index in [1.165, 1.54) is 7.11 Å². The van der Waals surface area contributed by atoms with E-state index in [1.54, 1.807) is 18.2 Å². The van der Waals surface area contributed by atoms with Crippen molar-refractivity contribution in [3.05, 3.63) is 23.2 Å². The van der Waals surface area contributed by atoms with Gasteiger partial charge in [-0.3, -0.25) is 0 Å². The maximum Gasteiger partial charge on any atom is 0.332 e. The second-order valence-corrected chi connectivity index (χ2v) is 4.28. The van der Waals surface area contributed by atoms with E-state index in [0.29, 0.717) is 16.5 Å². The van der Waals surface area contributed by atoms with Crippen molar-refractivity contribution in [1.82, 2.24) is 5.32 Å². The van der Waals surface area contributed by atoms with Gasteiger partial charge in [0.25, 0.3) is 0 Å². The summed E-state index contributed by atoms with van der Waals surface area (Å²) >= 11 is 5.84. The summed E-state index contributed by atoms with van der Waals surface area (Å²) in [7, 11) is 1.46. The first kappa shape index (κ1) is 16.1. The van der Waals surface area contributed by atoms with E-state index in [2.05, 4.69) is 10.6 Å². The first-order valence-electron chi connectivity index (χ1n) is 5.73. The van der Waals surface area contributed by atoms with Gasteiger partial charge in [0.1, 0.15) is 5.75 Å². The molecule has 7 nitrogen and oxygen atoms in total. The summed E-state index contributed by atoms with van der Waals surface area (Å²) in [5, 5.41) is 22.9. The number of nitrogens with one attached hydrogen (secondary N) is 2. The van der Waals surface area contributed by atoms with Crippen LogP contribution in [0.5, 0.6) is 5.75 Å². The Kier molecular flexibility index (Phi) is 6.08. The molecular weight excluding hydrogens is 288 g/mol. The van der Waals surface area contributed by atoms with Gasteiger partial charge in [0.2, 0.25) is 0 Å². The Bertz CT molecular complexity index is 495. The minimum Gasteiger partial charge on any atom is -0.495 e. The standard InChI is InChI=1S/C12H15ClN2O5/c1-20-10-6-7(2-3-8(10)13)15-12(19)14-5-4-9(16)11(17)18/h2-3,6,9,16H,4-5H2,1H3,(H,17,18)(H2,14,15,19). The monoisotopic (exact) mass is 302 g/mol. The highest BCUT2D eigenvalue weighted by Crippen LogP contribution is 2.27. The number of carbonyl (C=O) groups is 2. The third kappa shape index (κ3) is 4.94. The molecule has 0 aliphatic rings. The number of halogens is 1. The number of hydrogen-bond donors (Lipinski definition) is 4. The van der Waals surface area contributed by atoms with Crippen molar-refractivity contribution in [2.45, 2.75) is 12.5 Å². The van der Waals surface area contributed by atoms with Crippen LogP contribution in [0.4, 0.5) is 10.5 Å². The predicted molar refractivity (Wildman–Crippen MR) is 73.3 cm³/mol. The average Bonchev–Trinajstić information content (AvgIpc) is 2.40. The van der Waals surface area contributed by atoms with E-state index >= 15 is 0 Å². The highest BCUT2D eigenvalue weighted by atomic mass is 35.5. The number of carbonyl (C=O) groups excluding carboxylic acids is 1. The van der Waals surface area contributed by atoms with Crippen LogP contribution in [0, 0.1) is 0 Å². The molecule has 1 aromatic rings. The number of rotatable bonds is 6. The van der Waals surface area contributed by atoms with Gasteiger partial charge in [0.15, 0.2) is 6.10 Å². The van der Waals surface area contributed by atoms with Crippen molar-refractivity contribution in [1.29, 1.82) is 0 Å². The fraction of sp³-hybridized carbons (Fsp3) is 0.333. The van der Waals surface area contributed by atoms with Gasteiger partial charge in [-0.05, 0) is 12.1 Å². The fourth-order valence-corrected chi connectivity index (χ4v) is 1.55. The van der Waals surface area contributed by atoms with E-state index < -0.39 is 18.1 Å². The number of urea groups is 1. The van der Waals surface area contributed by atoms with E-state index in [1.807, 2.05) is 0 Å². The largest absolute Gasteiger partial charge is 0.495 e. The number of amides is 2. The molecule has 0 aromatic heterocycles. The van der Waals surface area contributed by atoms with E-state index in [9.17, 15) is 9.59 Å². The Morgan fingerprint density at radius 2 is 2.15 bits per heavy atom. The molecule has 0 aliphatic heterocycles. The van der Waals surface area contributed by atoms with Crippen LogP contribution >= 0.6 is 11.6 Å². The zero-order valence-electron chi connectivity index (χ0n) is 10.7. The molecule has 2 amide bonds. The zero-order valence-corrected chi connectivity index (χ0v) is 11.5. The van der Waals surface area contributed by atoms with Crippen LogP contribution in [0.15, 0.2) is 18.2 Å². The highest BCUT2D eigenvalue weighted by molar-refractivity contribution is 6.32. The van der Waals surface area contributed by atoms with E-state index in [-0.39, 0.29) is 13.0 Å². The van der Waals surface area contributed by atoms with Gasteiger partial charge in [-0.25, -0.2) is 9.59 Å². The number of benzene rings is 1. The lowest BCUT2D eigenvalue weighted by Gasteiger charge is -2.10. The maximum absolute atomic E-state index is 11.5. The van der Waals surface area contributed by atoms with Crippen LogP contribution in [0.1, 0.15) is 6.42 Å². The number of aliphatic hydroxyl groups excluding tert-OH is 1. The molecule has 0 fully saturated rings. The Labute approximate surface area is 120 Å². The number of carboxylic acid groups (broad SMARTS) is 1. The first-order valence-corrected chi connectivity index (χ1v) is 6.11. The molecule has 0 heterocycles. The molecular formula is C12H15ClN2O5. The van der Waals surface area contributed by atoms with Gasteiger partial charge in [0, 0.05) is 24.7 Å². The summed E-state index contributed by atoms with van der Waals surface area (Å²) in [5.41, 5.74) is 0.475. The number of aliphatic hydroxyl groups is 1. The topological polar surface area (TPSA) is 108 Å². The third-order valence-electron chi connectivity index (χ3n) is 2.40. The lowest BCUT2D eigenvalue weighted by Crippen LogP contribution is -2.33. The summed E-state index contributed by atoms with van der Waals surface area (Å²) in [4.78, 5) is 21.9. The van der Waals surface area contributed by atoms with Gasteiger partial charge >= 0.3 is 12.0 Å². The Morgan fingerprint density at radius 1 is 1.45 bits per heavy atom. The molecule has 110 valence electrons. The summed E-state index contributed by atoms with van der Waals surface area (Å²) in [6.45, 7) is 0.0318. The van der Waals surface area contributed by atoms with E-state index in [0.717, 1.165) is 0 Å².